The molecule has 0 amide bonds. The Bertz CT molecular complexity index is 627. The van der Waals surface area contributed by atoms with Gasteiger partial charge in [0.25, 0.3) is 0 Å². The molecule has 2 heterocycles. The number of aromatic nitrogens is 2. The summed E-state index contributed by atoms with van der Waals surface area (Å²) in [5.41, 5.74) is 4.30. The van der Waals surface area contributed by atoms with Gasteiger partial charge in [-0.2, -0.15) is 0 Å². The van der Waals surface area contributed by atoms with E-state index in [1.165, 1.54) is 0 Å². The summed E-state index contributed by atoms with van der Waals surface area (Å²) in [6.07, 6.45) is 2.45. The van der Waals surface area contributed by atoms with Crippen LogP contribution >= 0.6 is 0 Å². The summed E-state index contributed by atoms with van der Waals surface area (Å²) in [5, 5.41) is 3.44. The smallest absolute Gasteiger partial charge is 0.220 e. The second-order valence-electron chi connectivity index (χ2n) is 5.38. The molecule has 2 aromatic rings. The van der Waals surface area contributed by atoms with E-state index in [1.807, 2.05) is 26.2 Å². The second kappa shape index (κ2) is 6.10. The van der Waals surface area contributed by atoms with Gasteiger partial charge in [-0.05, 0) is 26.6 Å². The summed E-state index contributed by atoms with van der Waals surface area (Å²) < 4.78 is 5.87. The number of anilines is 1. The molecule has 1 aromatic heterocycles. The van der Waals surface area contributed by atoms with Crippen LogP contribution < -0.4 is 10.1 Å². The maximum atomic E-state index is 5.87. The quantitative estimate of drug-likeness (QED) is 0.931. The highest BCUT2D eigenvalue weighted by molar-refractivity contribution is 5.79. The van der Waals surface area contributed by atoms with Crippen LogP contribution in [0.25, 0.3) is 11.3 Å². The molecule has 0 aliphatic carbocycles. The van der Waals surface area contributed by atoms with Gasteiger partial charge in [-0.3, -0.25) is 0 Å². The van der Waals surface area contributed by atoms with Crippen molar-refractivity contribution in [1.29, 1.82) is 0 Å². The maximum Gasteiger partial charge on any atom is 0.220 e. The molecule has 21 heavy (non-hydrogen) atoms. The predicted octanol–water partition coefficient (Wildman–Crippen LogP) is 2.05. The molecule has 5 nitrogen and oxygen atoms in total. The molecule has 110 valence electrons. The van der Waals surface area contributed by atoms with Gasteiger partial charge in [0.15, 0.2) is 0 Å². The largest absolute Gasteiger partial charge is 0.476 e. The van der Waals surface area contributed by atoms with Crippen molar-refractivity contribution in [3.63, 3.8) is 0 Å². The third-order valence-corrected chi connectivity index (χ3v) is 3.56. The number of fused-ring (bicyclic) bond motifs is 3. The standard InChI is InChI=1S/C16H20N4O/c1-20(2)9-10-21-16-13-7-8-17-14-6-4-3-5-12(14)15(13)18-11-19-16/h3-6,11,17H,7-10H2,1-2H3. The molecule has 1 N–H and O–H groups in total. The van der Waals surface area contributed by atoms with E-state index in [2.05, 4.69) is 32.3 Å². The molecule has 0 spiro atoms. The topological polar surface area (TPSA) is 50.3 Å². The van der Waals surface area contributed by atoms with Crippen LogP contribution in [0.3, 0.4) is 0 Å². The lowest BCUT2D eigenvalue weighted by Gasteiger charge is -2.14. The lowest BCUT2D eigenvalue weighted by Crippen LogP contribution is -2.20. The molecule has 0 bridgehead atoms. The molecular weight excluding hydrogens is 264 g/mol. The molecule has 0 unspecified atom stereocenters. The van der Waals surface area contributed by atoms with Gasteiger partial charge in [-0.15, -0.1) is 0 Å². The Morgan fingerprint density at radius 1 is 1.24 bits per heavy atom. The monoisotopic (exact) mass is 284 g/mol. The van der Waals surface area contributed by atoms with Crippen molar-refractivity contribution >= 4 is 5.69 Å². The number of nitrogens with zero attached hydrogens (tertiary/aromatic N) is 3. The van der Waals surface area contributed by atoms with Crippen LogP contribution in [0.1, 0.15) is 5.56 Å². The number of hydrogen-bond donors (Lipinski definition) is 1. The van der Waals surface area contributed by atoms with Crippen LogP contribution in [0.4, 0.5) is 5.69 Å². The van der Waals surface area contributed by atoms with E-state index in [0.29, 0.717) is 12.5 Å². The first kappa shape index (κ1) is 13.8. The van der Waals surface area contributed by atoms with E-state index in [4.69, 9.17) is 4.74 Å². The zero-order valence-electron chi connectivity index (χ0n) is 12.5. The summed E-state index contributed by atoms with van der Waals surface area (Å²) in [4.78, 5) is 10.9. The maximum absolute atomic E-state index is 5.87. The average Bonchev–Trinajstić information content (AvgIpc) is 2.67. The molecule has 0 atom stereocenters. The average molecular weight is 284 g/mol. The molecule has 5 heteroatoms. The number of nitrogens with one attached hydrogen (secondary N) is 1. The third kappa shape index (κ3) is 2.97. The fourth-order valence-corrected chi connectivity index (χ4v) is 2.47. The number of ether oxygens (including phenoxy) is 1. The van der Waals surface area contributed by atoms with Crippen LogP contribution in [0.5, 0.6) is 5.88 Å². The molecule has 3 rings (SSSR count). The highest BCUT2D eigenvalue weighted by Gasteiger charge is 2.19. The van der Waals surface area contributed by atoms with E-state index in [1.54, 1.807) is 6.33 Å². The lowest BCUT2D eigenvalue weighted by molar-refractivity contribution is 0.251. The molecule has 0 fully saturated rings. The Labute approximate surface area is 125 Å². The molecule has 0 radical (unpaired) electrons. The van der Waals surface area contributed by atoms with Crippen molar-refractivity contribution < 1.29 is 4.74 Å². The first-order valence-corrected chi connectivity index (χ1v) is 7.20. The first-order chi connectivity index (χ1) is 10.3. The van der Waals surface area contributed by atoms with Gasteiger partial charge in [-0.1, -0.05) is 18.2 Å². The van der Waals surface area contributed by atoms with Gasteiger partial charge in [0.2, 0.25) is 5.88 Å². The number of para-hydroxylation sites is 1. The molecule has 0 saturated carbocycles. The Balaban J connectivity index is 1.93. The number of likely N-dealkylation sites (N-methyl/N-ethyl adjacent to an activating group) is 1. The van der Waals surface area contributed by atoms with Gasteiger partial charge in [0, 0.05) is 29.9 Å². The van der Waals surface area contributed by atoms with Gasteiger partial charge < -0.3 is 15.0 Å². The van der Waals surface area contributed by atoms with Crippen molar-refractivity contribution in [3.8, 4) is 17.1 Å². The van der Waals surface area contributed by atoms with Crippen molar-refractivity contribution in [1.82, 2.24) is 14.9 Å². The minimum absolute atomic E-state index is 0.630. The van der Waals surface area contributed by atoms with Crippen LogP contribution in [0.15, 0.2) is 30.6 Å². The zero-order valence-corrected chi connectivity index (χ0v) is 12.5. The predicted molar refractivity (Wildman–Crippen MR) is 83.7 cm³/mol. The van der Waals surface area contributed by atoms with Crippen LogP contribution in [0.2, 0.25) is 0 Å². The van der Waals surface area contributed by atoms with E-state index in [9.17, 15) is 0 Å². The molecular formula is C16H20N4O. The minimum atomic E-state index is 0.630. The summed E-state index contributed by atoms with van der Waals surface area (Å²) in [6.45, 7) is 2.36. The van der Waals surface area contributed by atoms with E-state index in [0.717, 1.165) is 42.0 Å². The van der Waals surface area contributed by atoms with Crippen molar-refractivity contribution in [2.24, 2.45) is 0 Å². The van der Waals surface area contributed by atoms with Crippen LogP contribution in [-0.4, -0.2) is 48.7 Å². The van der Waals surface area contributed by atoms with Gasteiger partial charge in [0.1, 0.15) is 12.9 Å². The summed E-state index contributed by atoms with van der Waals surface area (Å²) in [5.74, 6) is 0.709. The summed E-state index contributed by atoms with van der Waals surface area (Å²) in [7, 11) is 4.06. The Morgan fingerprint density at radius 3 is 2.95 bits per heavy atom. The number of rotatable bonds is 4. The Hall–Kier alpha value is -2.14. The molecule has 0 saturated heterocycles. The molecule has 1 aromatic carbocycles. The normalized spacial score (nSPS) is 13.1. The molecule has 1 aliphatic rings. The van der Waals surface area contributed by atoms with Crippen molar-refractivity contribution in [2.45, 2.75) is 6.42 Å². The SMILES string of the molecule is CN(C)CCOc1ncnc2c1CCNc1ccccc1-2. The molecule has 1 aliphatic heterocycles. The zero-order chi connectivity index (χ0) is 14.7. The number of hydrogen-bond acceptors (Lipinski definition) is 5. The first-order valence-electron chi connectivity index (χ1n) is 7.20. The van der Waals surface area contributed by atoms with Crippen LogP contribution in [-0.2, 0) is 6.42 Å². The Morgan fingerprint density at radius 2 is 2.10 bits per heavy atom. The number of benzene rings is 1. The van der Waals surface area contributed by atoms with Crippen molar-refractivity contribution in [3.05, 3.63) is 36.2 Å². The fraction of sp³-hybridized carbons (Fsp3) is 0.375. The highest BCUT2D eigenvalue weighted by atomic mass is 16.5. The third-order valence-electron chi connectivity index (χ3n) is 3.56. The van der Waals surface area contributed by atoms with E-state index >= 15 is 0 Å². The Kier molecular flexibility index (Phi) is 4.01. The minimum Gasteiger partial charge on any atom is -0.476 e. The van der Waals surface area contributed by atoms with Gasteiger partial charge >= 0.3 is 0 Å². The van der Waals surface area contributed by atoms with Crippen LogP contribution in [0, 0.1) is 0 Å². The van der Waals surface area contributed by atoms with Gasteiger partial charge in [0.05, 0.1) is 5.69 Å². The van der Waals surface area contributed by atoms with Crippen molar-refractivity contribution in [2.75, 3.05) is 39.1 Å². The fourth-order valence-electron chi connectivity index (χ4n) is 2.47. The van der Waals surface area contributed by atoms with E-state index in [-0.39, 0.29) is 0 Å². The van der Waals surface area contributed by atoms with E-state index < -0.39 is 0 Å². The van der Waals surface area contributed by atoms with Gasteiger partial charge in [-0.25, -0.2) is 9.97 Å². The lowest BCUT2D eigenvalue weighted by atomic mass is 10.0. The highest BCUT2D eigenvalue weighted by Crippen LogP contribution is 2.34. The summed E-state index contributed by atoms with van der Waals surface area (Å²) >= 11 is 0. The second-order valence-corrected chi connectivity index (χ2v) is 5.38. The summed E-state index contributed by atoms with van der Waals surface area (Å²) in [6, 6.07) is 8.24.